The molecule has 0 atom stereocenters. The zero-order valence-corrected chi connectivity index (χ0v) is 10.0. The zero-order valence-electron chi connectivity index (χ0n) is 10.0. The second-order valence-corrected chi connectivity index (χ2v) is 3.71. The van der Waals surface area contributed by atoms with Crippen LogP contribution >= 0.6 is 0 Å². The van der Waals surface area contributed by atoms with Crippen LogP contribution in [0.2, 0.25) is 0 Å². The SMILES string of the molecule is CCNC(=O)CNC(=O)c1ccc(N)cc1C. The summed E-state index contributed by atoms with van der Waals surface area (Å²) in [4.78, 5) is 22.9. The fourth-order valence-electron chi connectivity index (χ4n) is 1.46. The lowest BCUT2D eigenvalue weighted by atomic mass is 10.1. The second kappa shape index (κ2) is 5.89. The molecule has 0 heterocycles. The molecule has 1 aromatic carbocycles. The van der Waals surface area contributed by atoms with Gasteiger partial charge in [0.05, 0.1) is 6.54 Å². The standard InChI is InChI=1S/C12H17N3O2/c1-3-14-11(16)7-15-12(17)10-5-4-9(13)6-8(10)2/h4-6H,3,7,13H2,1-2H3,(H,14,16)(H,15,17). The van der Waals surface area contributed by atoms with Crippen molar-refractivity contribution >= 4 is 17.5 Å². The van der Waals surface area contributed by atoms with E-state index in [1.807, 2.05) is 6.92 Å². The van der Waals surface area contributed by atoms with Gasteiger partial charge in [-0.15, -0.1) is 0 Å². The number of likely N-dealkylation sites (N-methyl/N-ethyl adjacent to an activating group) is 1. The molecule has 1 rings (SSSR count). The molecule has 0 aliphatic heterocycles. The number of carbonyl (C=O) groups is 2. The van der Waals surface area contributed by atoms with Crippen LogP contribution in [0.1, 0.15) is 22.8 Å². The normalized spacial score (nSPS) is 9.76. The van der Waals surface area contributed by atoms with Crippen LogP contribution < -0.4 is 16.4 Å². The molecule has 92 valence electrons. The van der Waals surface area contributed by atoms with Crippen molar-refractivity contribution in [2.75, 3.05) is 18.8 Å². The van der Waals surface area contributed by atoms with Crippen molar-refractivity contribution < 1.29 is 9.59 Å². The van der Waals surface area contributed by atoms with Gasteiger partial charge in [-0.1, -0.05) is 0 Å². The highest BCUT2D eigenvalue weighted by Crippen LogP contribution is 2.11. The van der Waals surface area contributed by atoms with Crippen molar-refractivity contribution in [2.24, 2.45) is 0 Å². The first-order valence-electron chi connectivity index (χ1n) is 5.45. The number of carbonyl (C=O) groups excluding carboxylic acids is 2. The Kier molecular flexibility index (Phi) is 4.51. The lowest BCUT2D eigenvalue weighted by molar-refractivity contribution is -0.120. The van der Waals surface area contributed by atoms with E-state index < -0.39 is 0 Å². The summed E-state index contributed by atoms with van der Waals surface area (Å²) in [6.07, 6.45) is 0. The van der Waals surface area contributed by atoms with E-state index in [9.17, 15) is 9.59 Å². The Morgan fingerprint density at radius 3 is 2.59 bits per heavy atom. The highest BCUT2D eigenvalue weighted by molar-refractivity contribution is 5.97. The molecule has 0 bridgehead atoms. The molecule has 17 heavy (non-hydrogen) atoms. The van der Waals surface area contributed by atoms with Crippen molar-refractivity contribution in [1.29, 1.82) is 0 Å². The first-order valence-corrected chi connectivity index (χ1v) is 5.45. The van der Waals surface area contributed by atoms with Crippen molar-refractivity contribution in [3.63, 3.8) is 0 Å². The van der Waals surface area contributed by atoms with Crippen molar-refractivity contribution in [2.45, 2.75) is 13.8 Å². The predicted molar refractivity (Wildman–Crippen MR) is 66.6 cm³/mol. The molecule has 0 aliphatic carbocycles. The van der Waals surface area contributed by atoms with E-state index in [1.165, 1.54) is 0 Å². The van der Waals surface area contributed by atoms with E-state index in [0.29, 0.717) is 17.8 Å². The average Bonchev–Trinajstić information content (AvgIpc) is 2.26. The number of anilines is 1. The molecule has 4 N–H and O–H groups in total. The molecule has 5 heteroatoms. The third-order valence-electron chi connectivity index (χ3n) is 2.28. The molecule has 2 amide bonds. The van der Waals surface area contributed by atoms with Crippen LogP contribution in [0.4, 0.5) is 5.69 Å². The van der Waals surface area contributed by atoms with Gasteiger partial charge in [0, 0.05) is 17.8 Å². The van der Waals surface area contributed by atoms with Crippen LogP contribution in [-0.2, 0) is 4.79 Å². The minimum atomic E-state index is -0.270. The lowest BCUT2D eigenvalue weighted by Crippen LogP contribution is -2.36. The van der Waals surface area contributed by atoms with Crippen LogP contribution in [-0.4, -0.2) is 24.9 Å². The van der Waals surface area contributed by atoms with Gasteiger partial charge in [0.15, 0.2) is 0 Å². The van der Waals surface area contributed by atoms with Gasteiger partial charge < -0.3 is 16.4 Å². The van der Waals surface area contributed by atoms with Gasteiger partial charge in [0.2, 0.25) is 5.91 Å². The van der Waals surface area contributed by atoms with E-state index in [1.54, 1.807) is 25.1 Å². The minimum absolute atomic E-state index is 0.0174. The number of amides is 2. The Labute approximate surface area is 100 Å². The number of nitrogen functional groups attached to an aromatic ring is 1. The molecule has 0 unspecified atom stereocenters. The van der Waals surface area contributed by atoms with Gasteiger partial charge in [0.1, 0.15) is 0 Å². The molecular weight excluding hydrogens is 218 g/mol. The number of hydrogen-bond donors (Lipinski definition) is 3. The summed E-state index contributed by atoms with van der Waals surface area (Å²) in [5.74, 6) is -0.470. The maximum Gasteiger partial charge on any atom is 0.251 e. The number of nitrogens with two attached hydrogens (primary N) is 1. The van der Waals surface area contributed by atoms with Gasteiger partial charge in [-0.25, -0.2) is 0 Å². The summed E-state index contributed by atoms with van der Waals surface area (Å²) >= 11 is 0. The molecule has 0 aromatic heterocycles. The van der Waals surface area contributed by atoms with E-state index in [4.69, 9.17) is 5.73 Å². The molecular formula is C12H17N3O2. The largest absolute Gasteiger partial charge is 0.399 e. The Hall–Kier alpha value is -2.04. The van der Waals surface area contributed by atoms with Crippen LogP contribution in [0.5, 0.6) is 0 Å². The fourth-order valence-corrected chi connectivity index (χ4v) is 1.46. The van der Waals surface area contributed by atoms with Gasteiger partial charge in [-0.3, -0.25) is 9.59 Å². The first-order chi connectivity index (χ1) is 8.04. The van der Waals surface area contributed by atoms with Crippen LogP contribution in [0.3, 0.4) is 0 Å². The second-order valence-electron chi connectivity index (χ2n) is 3.71. The zero-order chi connectivity index (χ0) is 12.8. The van der Waals surface area contributed by atoms with E-state index in [0.717, 1.165) is 5.56 Å². The van der Waals surface area contributed by atoms with Gasteiger partial charge in [0.25, 0.3) is 5.91 Å². The van der Waals surface area contributed by atoms with Gasteiger partial charge in [-0.2, -0.15) is 0 Å². The maximum absolute atomic E-state index is 11.8. The number of nitrogens with one attached hydrogen (secondary N) is 2. The molecule has 0 fully saturated rings. The number of hydrogen-bond acceptors (Lipinski definition) is 3. The molecule has 1 aromatic rings. The Morgan fingerprint density at radius 2 is 2.00 bits per heavy atom. The summed E-state index contributed by atoms with van der Waals surface area (Å²) in [5.41, 5.74) is 7.53. The maximum atomic E-state index is 11.8. The minimum Gasteiger partial charge on any atom is -0.399 e. The predicted octanol–water partition coefficient (Wildman–Crippen LogP) is 0.443. The summed E-state index contributed by atoms with van der Waals surface area (Å²) in [5, 5.41) is 5.15. The highest BCUT2D eigenvalue weighted by atomic mass is 16.2. The lowest BCUT2D eigenvalue weighted by Gasteiger charge is -2.08. The van der Waals surface area contributed by atoms with E-state index in [2.05, 4.69) is 10.6 Å². The third kappa shape index (κ3) is 3.79. The quantitative estimate of drug-likeness (QED) is 0.662. The summed E-state index contributed by atoms with van der Waals surface area (Å²) < 4.78 is 0. The Morgan fingerprint density at radius 1 is 1.29 bits per heavy atom. The van der Waals surface area contributed by atoms with Crippen molar-refractivity contribution in [3.05, 3.63) is 29.3 Å². The van der Waals surface area contributed by atoms with Crippen LogP contribution in [0.25, 0.3) is 0 Å². The monoisotopic (exact) mass is 235 g/mol. The molecule has 0 saturated heterocycles. The van der Waals surface area contributed by atoms with Crippen LogP contribution in [0.15, 0.2) is 18.2 Å². The van der Waals surface area contributed by atoms with E-state index >= 15 is 0 Å². The number of aryl methyl sites for hydroxylation is 1. The first kappa shape index (κ1) is 13.0. The Bertz CT molecular complexity index is 430. The number of rotatable bonds is 4. The summed E-state index contributed by atoms with van der Waals surface area (Å²) in [6, 6.07) is 5.03. The topological polar surface area (TPSA) is 84.2 Å². The van der Waals surface area contributed by atoms with E-state index in [-0.39, 0.29) is 18.4 Å². The fraction of sp³-hybridized carbons (Fsp3) is 0.333. The molecule has 0 aliphatic rings. The third-order valence-corrected chi connectivity index (χ3v) is 2.28. The smallest absolute Gasteiger partial charge is 0.251 e. The number of benzene rings is 1. The molecule has 5 nitrogen and oxygen atoms in total. The Balaban J connectivity index is 2.61. The van der Waals surface area contributed by atoms with Crippen molar-refractivity contribution in [1.82, 2.24) is 10.6 Å². The summed E-state index contributed by atoms with van der Waals surface area (Å²) in [6.45, 7) is 4.16. The van der Waals surface area contributed by atoms with Gasteiger partial charge in [-0.05, 0) is 37.6 Å². The van der Waals surface area contributed by atoms with Gasteiger partial charge >= 0.3 is 0 Å². The molecule has 0 saturated carbocycles. The molecule has 0 radical (unpaired) electrons. The average molecular weight is 235 g/mol. The summed E-state index contributed by atoms with van der Waals surface area (Å²) in [7, 11) is 0. The van der Waals surface area contributed by atoms with Crippen LogP contribution in [0, 0.1) is 6.92 Å². The highest BCUT2D eigenvalue weighted by Gasteiger charge is 2.09. The molecule has 0 spiro atoms. The van der Waals surface area contributed by atoms with Crippen molar-refractivity contribution in [3.8, 4) is 0 Å².